The molecule has 1 N–H and O–H groups in total. The monoisotopic (exact) mass is 307 g/mol. The Morgan fingerprint density at radius 2 is 2.19 bits per heavy atom. The topological polar surface area (TPSA) is 77.3 Å². The van der Waals surface area contributed by atoms with Crippen LogP contribution in [-0.2, 0) is 6.61 Å². The highest BCUT2D eigenvalue weighted by molar-refractivity contribution is 7.15. The second kappa shape index (κ2) is 6.53. The van der Waals surface area contributed by atoms with Crippen LogP contribution in [0.2, 0.25) is 0 Å². The maximum absolute atomic E-state index is 11.1. The molecule has 21 heavy (non-hydrogen) atoms. The Morgan fingerprint density at radius 1 is 1.43 bits per heavy atom. The van der Waals surface area contributed by atoms with Crippen LogP contribution in [0, 0.1) is 24.0 Å². The first-order valence-electron chi connectivity index (χ1n) is 6.58. The number of nitrogens with zero attached hydrogens (tertiary/aromatic N) is 2. The number of nitro groups is 1. The van der Waals surface area contributed by atoms with E-state index in [0.29, 0.717) is 5.75 Å². The van der Waals surface area contributed by atoms with Gasteiger partial charge in [-0.15, -0.1) is 0 Å². The lowest BCUT2D eigenvalue weighted by atomic mass is 10.1. The lowest BCUT2D eigenvalue weighted by Gasteiger charge is -2.09. The van der Waals surface area contributed by atoms with Crippen LogP contribution in [0.3, 0.4) is 0 Å². The number of benzene rings is 1. The molecule has 0 radical (unpaired) electrons. The first-order valence-corrected chi connectivity index (χ1v) is 7.40. The molecule has 0 bridgehead atoms. The number of hydrogen-bond acceptors (Lipinski definition) is 6. The smallest absolute Gasteiger partial charge is 0.311 e. The van der Waals surface area contributed by atoms with Crippen LogP contribution in [-0.4, -0.2) is 16.5 Å². The van der Waals surface area contributed by atoms with Crippen molar-refractivity contribution in [3.8, 4) is 5.75 Å². The van der Waals surface area contributed by atoms with E-state index in [9.17, 15) is 10.1 Å². The van der Waals surface area contributed by atoms with Gasteiger partial charge >= 0.3 is 5.69 Å². The Morgan fingerprint density at radius 3 is 2.86 bits per heavy atom. The summed E-state index contributed by atoms with van der Waals surface area (Å²) in [6.45, 7) is 6.71. The number of thiazole rings is 1. The van der Waals surface area contributed by atoms with Gasteiger partial charge in [0.2, 0.25) is 0 Å². The molecule has 0 aliphatic heterocycles. The fourth-order valence-corrected chi connectivity index (χ4v) is 2.80. The first-order chi connectivity index (χ1) is 10.0. The van der Waals surface area contributed by atoms with Crippen LogP contribution in [0.1, 0.15) is 22.9 Å². The van der Waals surface area contributed by atoms with Crippen molar-refractivity contribution in [1.29, 1.82) is 0 Å². The second-order valence-corrected chi connectivity index (χ2v) is 5.75. The van der Waals surface area contributed by atoms with Crippen LogP contribution in [0.4, 0.5) is 10.8 Å². The van der Waals surface area contributed by atoms with Gasteiger partial charge in [0.25, 0.3) is 0 Å². The van der Waals surface area contributed by atoms with E-state index in [1.807, 2.05) is 26.8 Å². The molecule has 0 saturated heterocycles. The standard InChI is InChI=1S/C14H17N3O3S/c1-4-15-14-16-7-11(21-14)8-20-13-10(3)5-9(2)6-12(13)17(18)19/h5-7H,4,8H2,1-3H3,(H,15,16). The normalized spacial score (nSPS) is 10.4. The molecular weight excluding hydrogens is 290 g/mol. The van der Waals surface area contributed by atoms with Crippen molar-refractivity contribution >= 4 is 22.2 Å². The highest BCUT2D eigenvalue weighted by Crippen LogP contribution is 2.33. The molecule has 0 saturated carbocycles. The summed E-state index contributed by atoms with van der Waals surface area (Å²) in [5.74, 6) is 0.323. The highest BCUT2D eigenvalue weighted by atomic mass is 32.1. The Labute approximate surface area is 126 Å². The zero-order valence-corrected chi connectivity index (χ0v) is 13.0. The second-order valence-electron chi connectivity index (χ2n) is 4.64. The molecular formula is C14H17N3O3S. The molecule has 0 aliphatic rings. The van der Waals surface area contributed by atoms with Crippen molar-refractivity contribution in [2.75, 3.05) is 11.9 Å². The Balaban J connectivity index is 2.17. The van der Waals surface area contributed by atoms with Crippen molar-refractivity contribution in [2.24, 2.45) is 0 Å². The molecule has 0 spiro atoms. The Hall–Kier alpha value is -2.15. The summed E-state index contributed by atoms with van der Waals surface area (Å²) in [6.07, 6.45) is 1.72. The molecule has 1 aromatic heterocycles. The number of nitrogens with one attached hydrogen (secondary N) is 1. The largest absolute Gasteiger partial charge is 0.481 e. The van der Waals surface area contributed by atoms with E-state index in [2.05, 4.69) is 10.3 Å². The minimum atomic E-state index is -0.411. The van der Waals surface area contributed by atoms with E-state index >= 15 is 0 Å². The maximum atomic E-state index is 11.1. The number of ether oxygens (including phenoxy) is 1. The van der Waals surface area contributed by atoms with Crippen molar-refractivity contribution in [1.82, 2.24) is 4.98 Å². The first kappa shape index (κ1) is 15.2. The summed E-state index contributed by atoms with van der Waals surface area (Å²) < 4.78 is 5.66. The molecule has 2 rings (SSSR count). The summed E-state index contributed by atoms with van der Waals surface area (Å²) in [5.41, 5.74) is 1.61. The number of aryl methyl sites for hydroxylation is 2. The average Bonchev–Trinajstić information content (AvgIpc) is 2.85. The van der Waals surface area contributed by atoms with Gasteiger partial charge in [-0.05, 0) is 31.9 Å². The molecule has 6 nitrogen and oxygen atoms in total. The Kier molecular flexibility index (Phi) is 4.74. The zero-order valence-electron chi connectivity index (χ0n) is 12.2. The third-order valence-electron chi connectivity index (χ3n) is 2.84. The van der Waals surface area contributed by atoms with Crippen LogP contribution in [0.15, 0.2) is 18.3 Å². The van der Waals surface area contributed by atoms with Gasteiger partial charge in [0.1, 0.15) is 6.61 Å². The van der Waals surface area contributed by atoms with Crippen molar-refractivity contribution in [3.63, 3.8) is 0 Å². The van der Waals surface area contributed by atoms with E-state index < -0.39 is 4.92 Å². The van der Waals surface area contributed by atoms with Gasteiger partial charge in [0.15, 0.2) is 10.9 Å². The highest BCUT2D eigenvalue weighted by Gasteiger charge is 2.18. The van der Waals surface area contributed by atoms with E-state index in [4.69, 9.17) is 4.74 Å². The summed E-state index contributed by atoms with van der Waals surface area (Å²) >= 11 is 1.48. The minimum absolute atomic E-state index is 0.00363. The summed E-state index contributed by atoms with van der Waals surface area (Å²) in [5, 5.41) is 15.1. The van der Waals surface area contributed by atoms with Gasteiger partial charge in [-0.2, -0.15) is 0 Å². The van der Waals surface area contributed by atoms with Crippen molar-refractivity contribution < 1.29 is 9.66 Å². The van der Waals surface area contributed by atoms with Gasteiger partial charge < -0.3 is 10.1 Å². The molecule has 0 aliphatic carbocycles. The third kappa shape index (κ3) is 3.69. The van der Waals surface area contributed by atoms with Crippen molar-refractivity contribution in [3.05, 3.63) is 44.4 Å². The number of nitro benzene ring substituents is 1. The van der Waals surface area contributed by atoms with Gasteiger partial charge in [-0.25, -0.2) is 4.98 Å². The fraction of sp³-hybridized carbons (Fsp3) is 0.357. The van der Waals surface area contributed by atoms with E-state index in [-0.39, 0.29) is 12.3 Å². The minimum Gasteiger partial charge on any atom is -0.481 e. The molecule has 0 atom stereocenters. The van der Waals surface area contributed by atoms with Gasteiger partial charge in [0.05, 0.1) is 9.80 Å². The van der Waals surface area contributed by atoms with Crippen molar-refractivity contribution in [2.45, 2.75) is 27.4 Å². The molecule has 1 aromatic carbocycles. The number of anilines is 1. The third-order valence-corrected chi connectivity index (χ3v) is 3.76. The molecule has 0 unspecified atom stereocenters. The average molecular weight is 307 g/mol. The zero-order chi connectivity index (χ0) is 15.4. The molecule has 0 amide bonds. The number of hydrogen-bond donors (Lipinski definition) is 1. The predicted molar refractivity (Wildman–Crippen MR) is 83.2 cm³/mol. The molecule has 0 fully saturated rings. The molecule has 112 valence electrons. The van der Waals surface area contributed by atoms with Gasteiger partial charge in [-0.3, -0.25) is 10.1 Å². The predicted octanol–water partition coefficient (Wildman–Crippen LogP) is 3.68. The van der Waals surface area contributed by atoms with Crippen LogP contribution in [0.25, 0.3) is 0 Å². The lowest BCUT2D eigenvalue weighted by Crippen LogP contribution is -2.00. The molecule has 2 aromatic rings. The van der Waals surface area contributed by atoms with E-state index in [0.717, 1.165) is 27.7 Å². The summed E-state index contributed by atoms with van der Waals surface area (Å²) in [7, 11) is 0. The molecule has 7 heteroatoms. The van der Waals surface area contributed by atoms with Crippen LogP contribution in [0.5, 0.6) is 5.75 Å². The number of rotatable bonds is 6. The van der Waals surface area contributed by atoms with Crippen LogP contribution >= 0.6 is 11.3 Å². The van der Waals surface area contributed by atoms with Gasteiger partial charge in [0, 0.05) is 18.8 Å². The van der Waals surface area contributed by atoms with E-state index in [1.54, 1.807) is 6.20 Å². The Bertz CT molecular complexity index is 655. The number of aromatic nitrogens is 1. The lowest BCUT2D eigenvalue weighted by molar-refractivity contribution is -0.386. The van der Waals surface area contributed by atoms with Gasteiger partial charge in [-0.1, -0.05) is 17.4 Å². The fourth-order valence-electron chi connectivity index (χ4n) is 2.01. The summed E-state index contributed by atoms with van der Waals surface area (Å²) in [4.78, 5) is 15.8. The summed E-state index contributed by atoms with van der Waals surface area (Å²) in [6, 6.07) is 3.40. The maximum Gasteiger partial charge on any atom is 0.311 e. The molecule has 1 heterocycles. The SMILES string of the molecule is CCNc1ncc(COc2c(C)cc(C)cc2[N+](=O)[O-])s1. The van der Waals surface area contributed by atoms with Crippen LogP contribution < -0.4 is 10.1 Å². The van der Waals surface area contributed by atoms with E-state index in [1.165, 1.54) is 17.4 Å². The quantitative estimate of drug-likeness (QED) is 0.650.